The number of carbonyl (C=O) groups excluding carboxylic acids is 4. The summed E-state index contributed by atoms with van der Waals surface area (Å²) in [6, 6.07) is 11.1. The molecule has 0 bridgehead atoms. The highest BCUT2D eigenvalue weighted by molar-refractivity contribution is 6.11. The second kappa shape index (κ2) is 7.88. The van der Waals surface area contributed by atoms with Gasteiger partial charge in [-0.3, -0.25) is 29.4 Å². The molecule has 2 saturated heterocycles. The van der Waals surface area contributed by atoms with Crippen molar-refractivity contribution in [3.8, 4) is 0 Å². The molecule has 10 heteroatoms. The van der Waals surface area contributed by atoms with Gasteiger partial charge in [-0.1, -0.05) is 0 Å². The topological polar surface area (TPSA) is 130 Å². The lowest BCUT2D eigenvalue weighted by Crippen LogP contribution is -2.41. The molecule has 4 rings (SSSR count). The zero-order valence-corrected chi connectivity index (χ0v) is 17.2. The van der Waals surface area contributed by atoms with Crippen molar-refractivity contribution < 1.29 is 24.1 Å². The maximum Gasteiger partial charge on any atom is 0.325 e. The van der Waals surface area contributed by atoms with Gasteiger partial charge < -0.3 is 10.2 Å². The van der Waals surface area contributed by atoms with Gasteiger partial charge in [0.1, 0.15) is 5.54 Å². The Morgan fingerprint density at radius 1 is 1.09 bits per heavy atom. The molecule has 10 nitrogen and oxygen atoms in total. The van der Waals surface area contributed by atoms with Crippen molar-refractivity contribution in [2.45, 2.75) is 25.3 Å². The molecule has 4 amide bonds. The summed E-state index contributed by atoms with van der Waals surface area (Å²) < 4.78 is 0. The van der Waals surface area contributed by atoms with Gasteiger partial charge in [-0.2, -0.15) is 0 Å². The van der Waals surface area contributed by atoms with Gasteiger partial charge in [-0.05, 0) is 55.3 Å². The van der Waals surface area contributed by atoms with E-state index in [4.69, 9.17) is 0 Å². The number of nitro benzene ring substituents is 1. The van der Waals surface area contributed by atoms with Crippen LogP contribution in [0.3, 0.4) is 0 Å². The summed E-state index contributed by atoms with van der Waals surface area (Å²) in [6.45, 7) is 1.67. The third kappa shape index (κ3) is 3.59. The number of rotatable bonds is 6. The fraction of sp³-hybridized carbons (Fsp3) is 0.273. The highest BCUT2D eigenvalue weighted by Gasteiger charge is 2.49. The number of nitrogens with one attached hydrogen (secondary N) is 1. The number of ketones is 1. The van der Waals surface area contributed by atoms with Gasteiger partial charge in [0.25, 0.3) is 11.6 Å². The minimum Gasteiger partial charge on any atom is -0.319 e. The first-order valence-corrected chi connectivity index (χ1v) is 10.0. The number of hydrogen-bond acceptors (Lipinski definition) is 6. The van der Waals surface area contributed by atoms with Crippen molar-refractivity contribution in [2.75, 3.05) is 18.0 Å². The van der Waals surface area contributed by atoms with Gasteiger partial charge in [-0.15, -0.1) is 0 Å². The molecule has 0 saturated carbocycles. The van der Waals surface area contributed by atoms with Crippen molar-refractivity contribution in [3.05, 3.63) is 69.8 Å². The van der Waals surface area contributed by atoms with E-state index >= 15 is 0 Å². The lowest BCUT2D eigenvalue weighted by molar-refractivity contribution is -0.384. The van der Waals surface area contributed by atoms with Gasteiger partial charge >= 0.3 is 6.03 Å². The molecule has 2 aliphatic heterocycles. The molecule has 1 atom stereocenters. The van der Waals surface area contributed by atoms with Crippen molar-refractivity contribution >= 4 is 35.0 Å². The van der Waals surface area contributed by atoms with E-state index in [2.05, 4.69) is 5.32 Å². The summed E-state index contributed by atoms with van der Waals surface area (Å²) in [7, 11) is 0. The average molecular weight is 436 g/mol. The van der Waals surface area contributed by atoms with Gasteiger partial charge in [0.15, 0.2) is 5.78 Å². The standard InChI is InChI=1S/C22H20N4O6/c1-22(15-6-10-17(11-7-15)26(31)32)20(29)25(21(30)23-22)13-18(27)14-4-8-16(9-5-14)24-12-2-3-19(24)28/h4-11H,2-3,12-13H2,1H3,(H,23,30)/t22-/m1/s1. The number of nitro groups is 1. The fourth-order valence-corrected chi connectivity index (χ4v) is 3.94. The van der Waals surface area contributed by atoms with Crippen molar-refractivity contribution in [1.29, 1.82) is 0 Å². The first-order chi connectivity index (χ1) is 15.2. The first-order valence-electron chi connectivity index (χ1n) is 10.0. The zero-order valence-electron chi connectivity index (χ0n) is 17.2. The molecule has 0 aliphatic carbocycles. The Bertz CT molecular complexity index is 1130. The van der Waals surface area contributed by atoms with Crippen LogP contribution in [-0.2, 0) is 15.1 Å². The van der Waals surface area contributed by atoms with E-state index in [-0.39, 0.29) is 11.6 Å². The summed E-state index contributed by atoms with van der Waals surface area (Å²) in [5.41, 5.74) is -0.196. The molecule has 0 unspecified atom stereocenters. The van der Waals surface area contributed by atoms with E-state index < -0.39 is 34.7 Å². The van der Waals surface area contributed by atoms with Crippen molar-refractivity contribution in [1.82, 2.24) is 10.2 Å². The molecule has 2 aliphatic rings. The number of nitrogens with zero attached hydrogens (tertiary/aromatic N) is 3. The van der Waals surface area contributed by atoms with Crippen LogP contribution in [0.2, 0.25) is 0 Å². The van der Waals surface area contributed by atoms with E-state index in [1.165, 1.54) is 31.2 Å². The van der Waals surface area contributed by atoms with E-state index in [0.29, 0.717) is 29.8 Å². The van der Waals surface area contributed by atoms with Crippen LogP contribution in [0.25, 0.3) is 0 Å². The molecular formula is C22H20N4O6. The third-order valence-electron chi connectivity index (χ3n) is 5.81. The summed E-state index contributed by atoms with van der Waals surface area (Å²) in [4.78, 5) is 62.8. The van der Waals surface area contributed by atoms with E-state index in [9.17, 15) is 29.3 Å². The summed E-state index contributed by atoms with van der Waals surface area (Å²) >= 11 is 0. The average Bonchev–Trinajstić information content (AvgIpc) is 3.30. The SMILES string of the molecule is C[C@]1(c2ccc([N+](=O)[O-])cc2)NC(=O)N(CC(=O)c2ccc(N3CCCC3=O)cc2)C1=O. The van der Waals surface area contributed by atoms with Gasteiger partial charge in [-0.25, -0.2) is 4.79 Å². The highest BCUT2D eigenvalue weighted by atomic mass is 16.6. The number of carbonyl (C=O) groups is 4. The summed E-state index contributed by atoms with van der Waals surface area (Å²) in [5.74, 6) is -1.02. The number of hydrogen-bond donors (Lipinski definition) is 1. The van der Waals surface area contributed by atoms with Gasteiger partial charge in [0.2, 0.25) is 5.91 Å². The number of Topliss-reactive ketones (excluding diaryl/α,β-unsaturated/α-hetero) is 1. The number of anilines is 1. The number of benzene rings is 2. The fourth-order valence-electron chi connectivity index (χ4n) is 3.94. The van der Waals surface area contributed by atoms with Gasteiger partial charge in [0, 0.05) is 36.3 Å². The maximum atomic E-state index is 13.0. The normalized spacial score (nSPS) is 20.6. The number of non-ortho nitro benzene ring substituents is 1. The lowest BCUT2D eigenvalue weighted by atomic mass is 9.92. The predicted octanol–water partition coefficient (Wildman–Crippen LogP) is 2.37. The van der Waals surface area contributed by atoms with E-state index in [0.717, 1.165) is 11.3 Å². The van der Waals surface area contributed by atoms with Crippen LogP contribution >= 0.6 is 0 Å². The first kappa shape index (κ1) is 21.2. The summed E-state index contributed by atoms with van der Waals surface area (Å²) in [5, 5.41) is 13.4. The molecule has 2 aromatic rings. The predicted molar refractivity (Wildman–Crippen MR) is 113 cm³/mol. The molecule has 0 spiro atoms. The minimum atomic E-state index is -1.44. The van der Waals surface area contributed by atoms with Crippen LogP contribution in [-0.4, -0.2) is 46.5 Å². The van der Waals surface area contributed by atoms with Crippen molar-refractivity contribution in [2.24, 2.45) is 0 Å². The molecule has 0 aromatic heterocycles. The Balaban J connectivity index is 1.48. The molecule has 2 fully saturated rings. The lowest BCUT2D eigenvalue weighted by Gasteiger charge is -2.22. The largest absolute Gasteiger partial charge is 0.325 e. The third-order valence-corrected chi connectivity index (χ3v) is 5.81. The monoisotopic (exact) mass is 436 g/mol. The molecule has 2 heterocycles. The van der Waals surface area contributed by atoms with Crippen LogP contribution in [0.15, 0.2) is 48.5 Å². The molecule has 1 N–H and O–H groups in total. The smallest absolute Gasteiger partial charge is 0.319 e. The second-order valence-electron chi connectivity index (χ2n) is 7.87. The minimum absolute atomic E-state index is 0.0361. The molecule has 0 radical (unpaired) electrons. The number of amides is 4. The second-order valence-corrected chi connectivity index (χ2v) is 7.87. The van der Waals surface area contributed by atoms with E-state index in [1.807, 2.05) is 0 Å². The number of urea groups is 1. The Labute approximate surface area is 182 Å². The number of imide groups is 1. The molecule has 32 heavy (non-hydrogen) atoms. The molecular weight excluding hydrogens is 416 g/mol. The zero-order chi connectivity index (χ0) is 23.0. The Morgan fingerprint density at radius 2 is 1.75 bits per heavy atom. The van der Waals surface area contributed by atoms with Gasteiger partial charge in [0.05, 0.1) is 11.5 Å². The van der Waals surface area contributed by atoms with Crippen molar-refractivity contribution in [3.63, 3.8) is 0 Å². The Hall–Kier alpha value is -4.08. The molecule has 164 valence electrons. The molecule has 2 aromatic carbocycles. The van der Waals surface area contributed by atoms with E-state index in [1.54, 1.807) is 29.2 Å². The van der Waals surface area contributed by atoms with Crippen LogP contribution in [0, 0.1) is 10.1 Å². The highest BCUT2D eigenvalue weighted by Crippen LogP contribution is 2.30. The summed E-state index contributed by atoms with van der Waals surface area (Å²) in [6.07, 6.45) is 1.29. The van der Waals surface area contributed by atoms with Crippen LogP contribution in [0.1, 0.15) is 35.7 Å². The van der Waals surface area contributed by atoms with Crippen LogP contribution in [0.4, 0.5) is 16.2 Å². The Kier molecular flexibility index (Phi) is 5.21. The Morgan fingerprint density at radius 3 is 2.31 bits per heavy atom. The maximum absolute atomic E-state index is 13.0. The van der Waals surface area contributed by atoms with Crippen LogP contribution in [0.5, 0.6) is 0 Å². The van der Waals surface area contributed by atoms with Crippen LogP contribution < -0.4 is 10.2 Å². The quantitative estimate of drug-likeness (QED) is 0.320.